The molecule has 5 heterocycles. The molecule has 246 valence electrons. The molecule has 0 bridgehead atoms. The number of carboxylic acids is 1. The highest BCUT2D eigenvalue weighted by Crippen LogP contribution is 2.51. The van der Waals surface area contributed by atoms with Crippen molar-refractivity contribution in [2.24, 2.45) is 0 Å². The van der Waals surface area contributed by atoms with Gasteiger partial charge in [0, 0.05) is 59.8 Å². The summed E-state index contributed by atoms with van der Waals surface area (Å²) >= 11 is 1.32. The van der Waals surface area contributed by atoms with Gasteiger partial charge >= 0.3 is 5.97 Å². The Morgan fingerprint density at radius 3 is 2.49 bits per heavy atom. The molecular formula is C34H38N6O6S. The Bertz CT molecular complexity index is 1860. The third kappa shape index (κ3) is 5.07. The van der Waals surface area contributed by atoms with E-state index < -0.39 is 57.4 Å². The van der Waals surface area contributed by atoms with Crippen molar-refractivity contribution in [3.8, 4) is 0 Å². The molecule has 3 amide bonds. The molecule has 4 aliphatic heterocycles. The molecule has 5 atom stereocenters. The van der Waals surface area contributed by atoms with Gasteiger partial charge in [-0.25, -0.2) is 4.79 Å². The summed E-state index contributed by atoms with van der Waals surface area (Å²) in [7, 11) is 0. The first kappa shape index (κ1) is 31.3. The summed E-state index contributed by atoms with van der Waals surface area (Å²) in [5.41, 5.74) is 3.12. The highest BCUT2D eigenvalue weighted by Gasteiger charge is 2.64. The molecular weight excluding hydrogens is 620 g/mol. The number of amides is 3. The number of pyridine rings is 1. The molecule has 0 radical (unpaired) electrons. The molecule has 47 heavy (non-hydrogen) atoms. The number of carbonyl (C=O) groups is 4. The lowest BCUT2D eigenvalue weighted by Crippen LogP contribution is -2.71. The van der Waals surface area contributed by atoms with Crippen molar-refractivity contribution in [2.75, 3.05) is 31.1 Å². The number of carbonyl (C=O) groups excluding carboxylic acids is 3. The van der Waals surface area contributed by atoms with Gasteiger partial charge < -0.3 is 35.4 Å². The van der Waals surface area contributed by atoms with Gasteiger partial charge in [-0.3, -0.25) is 19.2 Å². The van der Waals surface area contributed by atoms with E-state index in [4.69, 9.17) is 0 Å². The van der Waals surface area contributed by atoms with Crippen LogP contribution in [-0.2, 0) is 20.8 Å². The summed E-state index contributed by atoms with van der Waals surface area (Å²) in [6.45, 7) is 9.16. The molecule has 7 rings (SSSR count). The normalized spacial score (nSPS) is 24.9. The van der Waals surface area contributed by atoms with Crippen LogP contribution in [0.1, 0.15) is 60.8 Å². The number of anilines is 1. The Labute approximate surface area is 275 Å². The number of fused-ring (bicyclic) bond motifs is 1. The molecule has 0 aliphatic carbocycles. The molecule has 3 fully saturated rings. The van der Waals surface area contributed by atoms with Gasteiger partial charge in [0.1, 0.15) is 29.1 Å². The van der Waals surface area contributed by atoms with Crippen LogP contribution < -0.4 is 26.3 Å². The molecule has 1 aromatic heterocycles. The van der Waals surface area contributed by atoms with E-state index >= 15 is 0 Å². The number of hydrogen-bond acceptors (Lipinski definition) is 8. The van der Waals surface area contributed by atoms with E-state index in [0.717, 1.165) is 55.8 Å². The number of rotatable bonds is 8. The molecule has 0 spiro atoms. The van der Waals surface area contributed by atoms with Gasteiger partial charge in [-0.2, -0.15) is 0 Å². The van der Waals surface area contributed by atoms with Crippen LogP contribution in [0.15, 0.2) is 53.5 Å². The predicted molar refractivity (Wildman–Crippen MR) is 179 cm³/mol. The second-order valence-electron chi connectivity index (χ2n) is 13.1. The standard InChI is InChI=1S/C34H38N6O6S/c1-4-19-16-21-23(38-14-12-35-13-15-38)11-10-20-26(21)39(19)17-22(27(20)41)29(42)36-24(18-8-6-5-7-9-18)30(43)37-25-31(44)40-28(33(45)46)34(2,3)47-32(25)40/h5-11,17,19,24-25,28,32,35H,4,12-16H2,1-3H3,(H,36,42)(H,37,43)(H,45,46). The second kappa shape index (κ2) is 11.7. The maximum absolute atomic E-state index is 13.9. The minimum absolute atomic E-state index is 0.0595. The first-order chi connectivity index (χ1) is 22.5. The Balaban J connectivity index is 1.19. The zero-order valence-electron chi connectivity index (χ0n) is 26.5. The third-order valence-electron chi connectivity index (χ3n) is 9.92. The molecule has 4 aliphatic rings. The molecule has 13 heteroatoms. The Morgan fingerprint density at radius 2 is 1.81 bits per heavy atom. The highest BCUT2D eigenvalue weighted by molar-refractivity contribution is 8.01. The number of thioether (sulfide) groups is 1. The summed E-state index contributed by atoms with van der Waals surface area (Å²) in [4.78, 5) is 70.4. The van der Waals surface area contributed by atoms with Crippen LogP contribution in [0.5, 0.6) is 0 Å². The quantitative estimate of drug-likeness (QED) is 0.267. The number of nitrogens with one attached hydrogen (secondary N) is 3. The summed E-state index contributed by atoms with van der Waals surface area (Å²) in [5, 5.41) is 18.6. The lowest BCUT2D eigenvalue weighted by molar-refractivity contribution is -0.161. The van der Waals surface area contributed by atoms with Gasteiger partial charge in [-0.1, -0.05) is 37.3 Å². The van der Waals surface area contributed by atoms with E-state index in [9.17, 15) is 29.1 Å². The van der Waals surface area contributed by atoms with Crippen molar-refractivity contribution in [3.05, 3.63) is 75.6 Å². The van der Waals surface area contributed by atoms with Gasteiger partial charge in [0.25, 0.3) is 5.91 Å². The van der Waals surface area contributed by atoms with E-state index in [1.165, 1.54) is 16.7 Å². The Kier molecular flexibility index (Phi) is 7.79. The zero-order valence-corrected chi connectivity index (χ0v) is 27.3. The average molecular weight is 659 g/mol. The number of benzene rings is 2. The highest BCUT2D eigenvalue weighted by atomic mass is 32.2. The largest absolute Gasteiger partial charge is 0.480 e. The Morgan fingerprint density at radius 1 is 1.09 bits per heavy atom. The smallest absolute Gasteiger partial charge is 0.327 e. The van der Waals surface area contributed by atoms with Crippen molar-refractivity contribution in [3.63, 3.8) is 0 Å². The lowest BCUT2D eigenvalue weighted by Gasteiger charge is -2.44. The van der Waals surface area contributed by atoms with Crippen LogP contribution in [0.4, 0.5) is 5.69 Å². The van der Waals surface area contributed by atoms with Crippen molar-refractivity contribution in [1.29, 1.82) is 0 Å². The van der Waals surface area contributed by atoms with Crippen molar-refractivity contribution >= 4 is 52.0 Å². The molecule has 3 aromatic rings. The summed E-state index contributed by atoms with van der Waals surface area (Å²) in [5.74, 6) is -2.90. The summed E-state index contributed by atoms with van der Waals surface area (Å²) in [6, 6.07) is 9.35. The third-order valence-corrected chi connectivity index (χ3v) is 11.5. The van der Waals surface area contributed by atoms with Crippen LogP contribution >= 0.6 is 11.8 Å². The maximum Gasteiger partial charge on any atom is 0.327 e. The van der Waals surface area contributed by atoms with Crippen LogP contribution in [0.3, 0.4) is 0 Å². The van der Waals surface area contributed by atoms with Crippen LogP contribution in [-0.4, -0.2) is 86.6 Å². The first-order valence-electron chi connectivity index (χ1n) is 16.1. The molecule has 0 saturated carbocycles. The number of nitrogens with zero attached hydrogens (tertiary/aromatic N) is 3. The molecule has 3 saturated heterocycles. The summed E-state index contributed by atoms with van der Waals surface area (Å²) < 4.78 is 1.30. The SMILES string of the molecule is CCC1Cc2c(N3CCNCC3)ccc3c(=O)c(C(=O)NC(C(=O)NC4C(=O)N5C4SC(C)(C)C5C(=O)O)c4ccccc4)cn1c23. The monoisotopic (exact) mass is 658 g/mol. The van der Waals surface area contributed by atoms with E-state index in [1.807, 2.05) is 16.7 Å². The topological polar surface area (TPSA) is 153 Å². The molecule has 12 nitrogen and oxygen atoms in total. The van der Waals surface area contributed by atoms with Gasteiger partial charge in [0.15, 0.2) is 0 Å². The van der Waals surface area contributed by atoms with Crippen LogP contribution in [0.2, 0.25) is 0 Å². The van der Waals surface area contributed by atoms with E-state index in [0.29, 0.717) is 10.9 Å². The van der Waals surface area contributed by atoms with Crippen LogP contribution in [0, 0.1) is 0 Å². The van der Waals surface area contributed by atoms with Gasteiger partial charge in [0.2, 0.25) is 17.2 Å². The van der Waals surface area contributed by atoms with Gasteiger partial charge in [-0.05, 0) is 44.4 Å². The molecule has 4 N–H and O–H groups in total. The lowest BCUT2D eigenvalue weighted by atomic mass is 9.95. The van der Waals surface area contributed by atoms with Crippen LogP contribution in [0.25, 0.3) is 10.9 Å². The minimum atomic E-state index is -1.21. The number of β-lactam (4-membered cyclic amide) rings is 1. The number of carboxylic acid groups (broad SMARTS) is 1. The van der Waals surface area contributed by atoms with Crippen molar-refractivity contribution in [2.45, 2.75) is 67.9 Å². The maximum atomic E-state index is 13.9. The fourth-order valence-electron chi connectivity index (χ4n) is 7.58. The number of piperazine rings is 1. The summed E-state index contributed by atoms with van der Waals surface area (Å²) in [6.07, 6.45) is 3.20. The van der Waals surface area contributed by atoms with Gasteiger partial charge in [0.05, 0.1) is 5.52 Å². The molecule has 2 aromatic carbocycles. The number of aliphatic carboxylic acids is 1. The Hall–Kier alpha value is -4.36. The van der Waals surface area contributed by atoms with Crippen molar-refractivity contribution < 1.29 is 24.3 Å². The zero-order chi connectivity index (χ0) is 33.2. The number of hydrogen-bond donors (Lipinski definition) is 4. The van der Waals surface area contributed by atoms with E-state index in [-0.39, 0.29) is 11.6 Å². The first-order valence-corrected chi connectivity index (χ1v) is 16.9. The fraction of sp³-hybridized carbons (Fsp3) is 0.441. The predicted octanol–water partition coefficient (Wildman–Crippen LogP) is 2.02. The second-order valence-corrected chi connectivity index (χ2v) is 14.9. The minimum Gasteiger partial charge on any atom is -0.480 e. The fourth-order valence-corrected chi connectivity index (χ4v) is 9.20. The average Bonchev–Trinajstić information content (AvgIpc) is 3.57. The van der Waals surface area contributed by atoms with E-state index in [2.05, 4.69) is 27.8 Å². The van der Waals surface area contributed by atoms with E-state index in [1.54, 1.807) is 50.4 Å². The number of aromatic nitrogens is 1. The van der Waals surface area contributed by atoms with Crippen molar-refractivity contribution in [1.82, 2.24) is 25.4 Å². The van der Waals surface area contributed by atoms with Gasteiger partial charge in [-0.15, -0.1) is 11.8 Å². The molecule has 5 unspecified atom stereocenters.